The third-order valence-electron chi connectivity index (χ3n) is 4.12. The van der Waals surface area contributed by atoms with Crippen LogP contribution in [-0.2, 0) is 9.59 Å². The Labute approximate surface area is 165 Å². The molecule has 0 saturated heterocycles. The lowest BCUT2D eigenvalue weighted by atomic mass is 10.2. The highest BCUT2D eigenvalue weighted by Crippen LogP contribution is 2.31. The minimum Gasteiger partial charge on any atom is -0.490 e. The molecule has 0 atom stereocenters. The van der Waals surface area contributed by atoms with Crippen LogP contribution in [0.4, 0.5) is 24.5 Å². The summed E-state index contributed by atoms with van der Waals surface area (Å²) in [5, 5.41) is 2.56. The maximum absolute atomic E-state index is 12.5. The van der Waals surface area contributed by atoms with Gasteiger partial charge in [-0.3, -0.25) is 9.59 Å². The van der Waals surface area contributed by atoms with Gasteiger partial charge >= 0.3 is 6.18 Å². The zero-order valence-electron chi connectivity index (χ0n) is 15.4. The van der Waals surface area contributed by atoms with Crippen LogP contribution in [0.5, 0.6) is 11.5 Å². The second kappa shape index (κ2) is 8.85. The van der Waals surface area contributed by atoms with E-state index in [4.69, 9.17) is 4.74 Å². The number of ether oxygens (including phenoxy) is 2. The van der Waals surface area contributed by atoms with Crippen molar-refractivity contribution in [2.75, 3.05) is 30.0 Å². The van der Waals surface area contributed by atoms with Crippen LogP contribution in [0.2, 0.25) is 0 Å². The third-order valence-corrected chi connectivity index (χ3v) is 4.12. The summed E-state index contributed by atoms with van der Waals surface area (Å²) in [6, 6.07) is 12.8. The Bertz CT molecular complexity index is 886. The minimum atomic E-state index is -4.45. The SMILES string of the molecule is O=C(CCC(=O)N1CCOc2ccccc21)Nc1cccc(OCC(F)(F)F)c1. The van der Waals surface area contributed by atoms with E-state index in [0.29, 0.717) is 30.3 Å². The summed E-state index contributed by atoms with van der Waals surface area (Å²) in [6.07, 6.45) is -4.52. The van der Waals surface area contributed by atoms with E-state index in [1.807, 2.05) is 6.07 Å². The molecule has 1 aliphatic rings. The molecule has 0 bridgehead atoms. The molecule has 0 aromatic heterocycles. The Morgan fingerprint density at radius 1 is 1.10 bits per heavy atom. The van der Waals surface area contributed by atoms with Crippen LogP contribution >= 0.6 is 0 Å². The lowest BCUT2D eigenvalue weighted by molar-refractivity contribution is -0.153. The summed E-state index contributed by atoms with van der Waals surface area (Å²) in [5.74, 6) is -0.0284. The maximum Gasteiger partial charge on any atom is 0.422 e. The average Bonchev–Trinajstić information content (AvgIpc) is 2.70. The molecular formula is C20H19F3N2O4. The Morgan fingerprint density at radius 2 is 1.90 bits per heavy atom. The number of amides is 2. The number of rotatable bonds is 6. The number of alkyl halides is 3. The predicted molar refractivity (Wildman–Crippen MR) is 100 cm³/mol. The van der Waals surface area contributed by atoms with E-state index in [1.54, 1.807) is 23.1 Å². The smallest absolute Gasteiger partial charge is 0.422 e. The van der Waals surface area contributed by atoms with Crippen molar-refractivity contribution in [3.05, 3.63) is 48.5 Å². The van der Waals surface area contributed by atoms with Crippen LogP contribution in [0.25, 0.3) is 0 Å². The van der Waals surface area contributed by atoms with Crippen LogP contribution in [0.15, 0.2) is 48.5 Å². The van der Waals surface area contributed by atoms with Gasteiger partial charge in [-0.2, -0.15) is 13.2 Å². The summed E-state index contributed by atoms with van der Waals surface area (Å²) in [6.45, 7) is -0.643. The summed E-state index contributed by atoms with van der Waals surface area (Å²) in [7, 11) is 0. The molecule has 1 N–H and O–H groups in total. The second-order valence-corrected chi connectivity index (χ2v) is 6.34. The number of hydrogen-bond acceptors (Lipinski definition) is 4. The Balaban J connectivity index is 1.52. The second-order valence-electron chi connectivity index (χ2n) is 6.34. The molecular weight excluding hydrogens is 389 g/mol. The lowest BCUT2D eigenvalue weighted by Crippen LogP contribution is -2.38. The molecule has 0 saturated carbocycles. The highest BCUT2D eigenvalue weighted by molar-refractivity contribution is 5.99. The highest BCUT2D eigenvalue weighted by Gasteiger charge is 2.28. The Morgan fingerprint density at radius 3 is 2.69 bits per heavy atom. The van der Waals surface area contributed by atoms with Gasteiger partial charge in [-0.25, -0.2) is 0 Å². The van der Waals surface area contributed by atoms with Gasteiger partial charge in [-0.05, 0) is 24.3 Å². The van der Waals surface area contributed by atoms with Crippen molar-refractivity contribution in [2.24, 2.45) is 0 Å². The number of carbonyl (C=O) groups excluding carboxylic acids is 2. The van der Waals surface area contributed by atoms with Crippen molar-refractivity contribution in [3.63, 3.8) is 0 Å². The molecule has 0 aliphatic carbocycles. The van der Waals surface area contributed by atoms with E-state index in [9.17, 15) is 22.8 Å². The van der Waals surface area contributed by atoms with Gasteiger partial charge in [-0.15, -0.1) is 0 Å². The zero-order chi connectivity index (χ0) is 20.9. The summed E-state index contributed by atoms with van der Waals surface area (Å²) < 4.78 is 46.9. The van der Waals surface area contributed by atoms with Gasteiger partial charge in [0.25, 0.3) is 0 Å². The fraction of sp³-hybridized carbons (Fsp3) is 0.300. The molecule has 9 heteroatoms. The predicted octanol–water partition coefficient (Wildman–Crippen LogP) is 3.77. The van der Waals surface area contributed by atoms with Gasteiger partial charge in [0.2, 0.25) is 11.8 Å². The number of fused-ring (bicyclic) bond motifs is 1. The van der Waals surface area contributed by atoms with Crippen molar-refractivity contribution < 1.29 is 32.2 Å². The Kier molecular flexibility index (Phi) is 6.26. The van der Waals surface area contributed by atoms with Crippen LogP contribution < -0.4 is 19.7 Å². The summed E-state index contributed by atoms with van der Waals surface area (Å²) in [5.41, 5.74) is 0.956. The number of hydrogen-bond donors (Lipinski definition) is 1. The van der Waals surface area contributed by atoms with Crippen molar-refractivity contribution in [1.82, 2.24) is 0 Å². The number of benzene rings is 2. The fourth-order valence-corrected chi connectivity index (χ4v) is 2.84. The minimum absolute atomic E-state index is 0.00949. The fourth-order valence-electron chi connectivity index (χ4n) is 2.84. The largest absolute Gasteiger partial charge is 0.490 e. The number of anilines is 2. The van der Waals surface area contributed by atoms with E-state index >= 15 is 0 Å². The summed E-state index contributed by atoms with van der Waals surface area (Å²) >= 11 is 0. The van der Waals surface area contributed by atoms with E-state index in [2.05, 4.69) is 10.1 Å². The molecule has 2 aromatic rings. The molecule has 1 heterocycles. The quantitative estimate of drug-likeness (QED) is 0.790. The van der Waals surface area contributed by atoms with Gasteiger partial charge in [0.1, 0.15) is 18.1 Å². The van der Waals surface area contributed by atoms with Crippen molar-refractivity contribution in [3.8, 4) is 11.5 Å². The van der Waals surface area contributed by atoms with Crippen LogP contribution in [0, 0.1) is 0 Å². The van der Waals surface area contributed by atoms with Crippen LogP contribution in [0.1, 0.15) is 12.8 Å². The molecule has 0 radical (unpaired) electrons. The molecule has 154 valence electrons. The molecule has 1 aliphatic heterocycles. The normalized spacial score (nSPS) is 13.3. The van der Waals surface area contributed by atoms with Gasteiger partial charge in [-0.1, -0.05) is 18.2 Å². The third kappa shape index (κ3) is 5.87. The molecule has 0 fully saturated rings. The van der Waals surface area contributed by atoms with E-state index in [0.717, 1.165) is 0 Å². The van der Waals surface area contributed by atoms with Gasteiger partial charge in [0.05, 0.1) is 12.2 Å². The highest BCUT2D eigenvalue weighted by atomic mass is 19.4. The topological polar surface area (TPSA) is 67.9 Å². The monoisotopic (exact) mass is 408 g/mol. The number of nitrogens with zero attached hydrogens (tertiary/aromatic N) is 1. The number of halogens is 3. The first-order valence-electron chi connectivity index (χ1n) is 8.93. The first-order chi connectivity index (χ1) is 13.8. The molecule has 3 rings (SSSR count). The maximum atomic E-state index is 12.5. The Hall–Kier alpha value is -3.23. The zero-order valence-corrected chi connectivity index (χ0v) is 15.4. The summed E-state index contributed by atoms with van der Waals surface area (Å²) in [4.78, 5) is 26.2. The molecule has 2 amide bonds. The van der Waals surface area contributed by atoms with Crippen molar-refractivity contribution >= 4 is 23.2 Å². The molecule has 2 aromatic carbocycles. The number of carbonyl (C=O) groups is 2. The first kappa shape index (κ1) is 20.5. The van der Waals surface area contributed by atoms with E-state index in [1.165, 1.54) is 24.3 Å². The van der Waals surface area contributed by atoms with Crippen LogP contribution in [0.3, 0.4) is 0 Å². The molecule has 0 spiro atoms. The molecule has 29 heavy (non-hydrogen) atoms. The lowest BCUT2D eigenvalue weighted by Gasteiger charge is -2.29. The standard InChI is InChI=1S/C20H19F3N2O4/c21-20(22,23)13-29-15-5-3-4-14(12-15)24-18(26)8-9-19(27)25-10-11-28-17-7-2-1-6-16(17)25/h1-7,12H,8-11,13H2,(H,24,26). The molecule has 6 nitrogen and oxygen atoms in total. The van der Waals surface area contributed by atoms with Gasteiger partial charge in [0.15, 0.2) is 6.61 Å². The van der Waals surface area contributed by atoms with Gasteiger partial charge < -0.3 is 19.7 Å². The average molecular weight is 408 g/mol. The first-order valence-corrected chi connectivity index (χ1v) is 8.93. The number of para-hydroxylation sites is 2. The van der Waals surface area contributed by atoms with E-state index < -0.39 is 18.7 Å². The number of nitrogens with one attached hydrogen (secondary N) is 1. The molecule has 0 unspecified atom stereocenters. The van der Waals surface area contributed by atoms with Crippen molar-refractivity contribution in [2.45, 2.75) is 19.0 Å². The van der Waals surface area contributed by atoms with Gasteiger partial charge in [0, 0.05) is 24.6 Å². The van der Waals surface area contributed by atoms with E-state index in [-0.39, 0.29) is 24.5 Å². The van der Waals surface area contributed by atoms with Crippen LogP contribution in [-0.4, -0.2) is 37.7 Å². The van der Waals surface area contributed by atoms with Crippen molar-refractivity contribution in [1.29, 1.82) is 0 Å².